The van der Waals surface area contributed by atoms with Gasteiger partial charge in [0.2, 0.25) is 6.39 Å². The second-order valence-electron chi connectivity index (χ2n) is 3.16. The van der Waals surface area contributed by atoms with Crippen molar-refractivity contribution in [2.75, 3.05) is 19.6 Å². The summed E-state index contributed by atoms with van der Waals surface area (Å²) in [4.78, 5) is 16.9. The third kappa shape index (κ3) is 2.12. The first-order chi connectivity index (χ1) is 6.34. The Kier molecular flexibility index (Phi) is 2.35. The van der Waals surface area contributed by atoms with Gasteiger partial charge in [-0.05, 0) is 0 Å². The van der Waals surface area contributed by atoms with Gasteiger partial charge in [-0.3, -0.25) is 9.69 Å². The third-order valence-corrected chi connectivity index (χ3v) is 2.17. The van der Waals surface area contributed by atoms with Crippen molar-refractivity contribution in [3.63, 3.8) is 0 Å². The maximum atomic E-state index is 10.9. The summed E-state index contributed by atoms with van der Waals surface area (Å²) in [5.41, 5.74) is 0. The van der Waals surface area contributed by atoms with E-state index in [9.17, 15) is 4.79 Å². The average molecular weight is 181 g/mol. The van der Waals surface area contributed by atoms with E-state index >= 15 is 0 Å². The molecule has 1 aromatic rings. The molecule has 0 saturated carbocycles. The molecule has 0 atom stereocenters. The fourth-order valence-electron chi connectivity index (χ4n) is 1.44. The van der Waals surface area contributed by atoms with E-state index in [0.717, 1.165) is 19.5 Å². The molecule has 5 nitrogen and oxygen atoms in total. The molecular weight excluding hydrogens is 170 g/mol. The van der Waals surface area contributed by atoms with Crippen LogP contribution in [0.15, 0.2) is 10.9 Å². The minimum absolute atomic E-state index is 0.327. The van der Waals surface area contributed by atoms with E-state index in [0.29, 0.717) is 24.6 Å². The first-order valence-corrected chi connectivity index (χ1v) is 4.34. The molecule has 0 unspecified atom stereocenters. The van der Waals surface area contributed by atoms with Crippen LogP contribution in [0.3, 0.4) is 0 Å². The number of carbonyl (C=O) groups is 1. The third-order valence-electron chi connectivity index (χ3n) is 2.17. The van der Waals surface area contributed by atoms with Crippen molar-refractivity contribution in [2.24, 2.45) is 0 Å². The molecule has 0 spiro atoms. The Hall–Kier alpha value is -1.23. The SMILES string of the molecule is O=C1CCN(CCc2ncon2)C1. The van der Waals surface area contributed by atoms with Crippen LogP contribution < -0.4 is 0 Å². The van der Waals surface area contributed by atoms with Crippen molar-refractivity contribution >= 4 is 5.78 Å². The van der Waals surface area contributed by atoms with Crippen LogP contribution in [-0.2, 0) is 11.2 Å². The van der Waals surface area contributed by atoms with Gasteiger partial charge in [-0.25, -0.2) is 0 Å². The maximum absolute atomic E-state index is 10.9. The molecule has 5 heteroatoms. The molecule has 1 aliphatic heterocycles. The molecule has 1 fully saturated rings. The molecule has 0 bridgehead atoms. The fourth-order valence-corrected chi connectivity index (χ4v) is 1.44. The minimum atomic E-state index is 0.327. The van der Waals surface area contributed by atoms with E-state index in [1.807, 2.05) is 0 Å². The van der Waals surface area contributed by atoms with Gasteiger partial charge in [-0.15, -0.1) is 0 Å². The van der Waals surface area contributed by atoms with Crippen molar-refractivity contribution in [2.45, 2.75) is 12.8 Å². The Balaban J connectivity index is 1.77. The molecular formula is C8H11N3O2. The van der Waals surface area contributed by atoms with E-state index in [1.165, 1.54) is 6.39 Å². The number of aromatic nitrogens is 2. The van der Waals surface area contributed by atoms with E-state index in [2.05, 4.69) is 19.6 Å². The van der Waals surface area contributed by atoms with E-state index in [4.69, 9.17) is 0 Å². The lowest BCUT2D eigenvalue weighted by atomic mass is 10.4. The summed E-state index contributed by atoms with van der Waals surface area (Å²) < 4.78 is 4.60. The van der Waals surface area contributed by atoms with Crippen LogP contribution in [0, 0.1) is 0 Å². The highest BCUT2D eigenvalue weighted by Crippen LogP contribution is 2.04. The monoisotopic (exact) mass is 181 g/mol. The summed E-state index contributed by atoms with van der Waals surface area (Å²) >= 11 is 0. The lowest BCUT2D eigenvalue weighted by Crippen LogP contribution is -2.23. The first kappa shape index (κ1) is 8.37. The van der Waals surface area contributed by atoms with Crippen molar-refractivity contribution in [3.8, 4) is 0 Å². The zero-order chi connectivity index (χ0) is 9.10. The van der Waals surface area contributed by atoms with Gasteiger partial charge in [0.1, 0.15) is 5.78 Å². The average Bonchev–Trinajstić information content (AvgIpc) is 2.71. The van der Waals surface area contributed by atoms with Gasteiger partial charge >= 0.3 is 0 Å². The lowest BCUT2D eigenvalue weighted by molar-refractivity contribution is -0.116. The molecule has 2 heterocycles. The van der Waals surface area contributed by atoms with Gasteiger partial charge in [0.05, 0.1) is 6.54 Å². The van der Waals surface area contributed by atoms with Crippen LogP contribution >= 0.6 is 0 Å². The summed E-state index contributed by atoms with van der Waals surface area (Å²) in [7, 11) is 0. The predicted octanol–water partition coefficient (Wildman–Crippen LogP) is -0.113. The predicted molar refractivity (Wildman–Crippen MR) is 44.1 cm³/mol. The lowest BCUT2D eigenvalue weighted by Gasteiger charge is -2.10. The molecule has 0 amide bonds. The first-order valence-electron chi connectivity index (χ1n) is 4.34. The summed E-state index contributed by atoms with van der Waals surface area (Å²) in [6.45, 7) is 2.29. The Morgan fingerprint density at radius 3 is 3.15 bits per heavy atom. The van der Waals surface area contributed by atoms with Crippen LogP contribution in [-0.4, -0.2) is 40.5 Å². The molecule has 70 valence electrons. The summed E-state index contributed by atoms with van der Waals surface area (Å²) in [6, 6.07) is 0. The molecule has 0 N–H and O–H groups in total. The Morgan fingerprint density at radius 1 is 1.62 bits per heavy atom. The number of ketones is 1. The Morgan fingerprint density at radius 2 is 2.54 bits per heavy atom. The van der Waals surface area contributed by atoms with Gasteiger partial charge in [-0.1, -0.05) is 5.16 Å². The van der Waals surface area contributed by atoms with Crippen LogP contribution in [0.25, 0.3) is 0 Å². The fraction of sp³-hybridized carbons (Fsp3) is 0.625. The Labute approximate surface area is 75.7 Å². The molecule has 2 rings (SSSR count). The molecule has 1 aliphatic rings. The number of Topliss-reactive ketones (excluding diaryl/α,β-unsaturated/α-hetero) is 1. The van der Waals surface area contributed by atoms with Gasteiger partial charge in [0.15, 0.2) is 5.82 Å². The summed E-state index contributed by atoms with van der Waals surface area (Å²) in [5.74, 6) is 1.03. The van der Waals surface area contributed by atoms with E-state index in [1.54, 1.807) is 0 Å². The van der Waals surface area contributed by atoms with Gasteiger partial charge in [0, 0.05) is 25.9 Å². The molecule has 1 saturated heterocycles. The van der Waals surface area contributed by atoms with Crippen LogP contribution in [0.4, 0.5) is 0 Å². The van der Waals surface area contributed by atoms with Crippen LogP contribution in [0.5, 0.6) is 0 Å². The van der Waals surface area contributed by atoms with Gasteiger partial charge < -0.3 is 4.52 Å². The van der Waals surface area contributed by atoms with Crippen LogP contribution in [0.2, 0.25) is 0 Å². The maximum Gasteiger partial charge on any atom is 0.213 e. The topological polar surface area (TPSA) is 59.2 Å². The number of hydrogen-bond donors (Lipinski definition) is 0. The zero-order valence-electron chi connectivity index (χ0n) is 7.27. The van der Waals surface area contributed by atoms with Gasteiger partial charge in [0.25, 0.3) is 0 Å². The highest BCUT2D eigenvalue weighted by molar-refractivity contribution is 5.82. The number of hydrogen-bond acceptors (Lipinski definition) is 5. The summed E-state index contributed by atoms with van der Waals surface area (Å²) in [5, 5.41) is 3.70. The quantitative estimate of drug-likeness (QED) is 0.651. The zero-order valence-corrected chi connectivity index (χ0v) is 7.27. The van der Waals surface area contributed by atoms with Crippen LogP contribution in [0.1, 0.15) is 12.2 Å². The molecule has 0 aromatic carbocycles. The minimum Gasteiger partial charge on any atom is -0.343 e. The smallest absolute Gasteiger partial charge is 0.213 e. The van der Waals surface area contributed by atoms with Crippen molar-refractivity contribution in [1.82, 2.24) is 15.0 Å². The Bertz CT molecular complexity index is 284. The summed E-state index contributed by atoms with van der Waals surface area (Å²) in [6.07, 6.45) is 2.76. The van der Waals surface area contributed by atoms with Gasteiger partial charge in [-0.2, -0.15) is 4.98 Å². The van der Waals surface area contributed by atoms with Crippen molar-refractivity contribution < 1.29 is 9.32 Å². The standard InChI is InChI=1S/C8H11N3O2/c12-7-1-3-11(5-7)4-2-8-9-6-13-10-8/h6H,1-5H2. The van der Waals surface area contributed by atoms with E-state index in [-0.39, 0.29) is 0 Å². The number of rotatable bonds is 3. The second kappa shape index (κ2) is 3.66. The second-order valence-corrected chi connectivity index (χ2v) is 3.16. The highest BCUT2D eigenvalue weighted by Gasteiger charge is 2.18. The number of nitrogens with zero attached hydrogens (tertiary/aromatic N) is 3. The number of likely N-dealkylation sites (tertiary alicyclic amines) is 1. The van der Waals surface area contributed by atoms with Crippen molar-refractivity contribution in [1.29, 1.82) is 0 Å². The highest BCUT2D eigenvalue weighted by atomic mass is 16.5. The molecule has 1 aromatic heterocycles. The van der Waals surface area contributed by atoms with E-state index < -0.39 is 0 Å². The molecule has 13 heavy (non-hydrogen) atoms. The largest absolute Gasteiger partial charge is 0.343 e. The molecule has 0 aliphatic carbocycles. The van der Waals surface area contributed by atoms with Crippen molar-refractivity contribution in [3.05, 3.63) is 12.2 Å². The normalized spacial score (nSPS) is 18.3. The number of carbonyl (C=O) groups excluding carboxylic acids is 1. The molecule has 0 radical (unpaired) electrons.